The minimum absolute atomic E-state index is 1.14. The predicted octanol–water partition coefficient (Wildman–Crippen LogP) is 1.59. The molecule has 0 rings (SSSR count). The molecule has 0 atom stereocenters. The molecule has 0 amide bonds. The second-order valence-corrected chi connectivity index (χ2v) is 3.07. The van der Waals surface area contributed by atoms with E-state index in [9.17, 15) is 13.3 Å². The van der Waals surface area contributed by atoms with Crippen LogP contribution in [0.25, 0.3) is 0 Å². The number of hydrogen-bond acceptors (Lipinski definition) is 4. The first-order valence-corrected chi connectivity index (χ1v) is 4.31. The van der Waals surface area contributed by atoms with Crippen LogP contribution >= 0.6 is 7.82 Å². The Kier molecular flexibility index (Phi) is 4.91. The standard InChI is InChI=1S/C6H5F2O4P/c1-3-10-13(9,11-4-2)12-5-6(7)8/h1-2,6H,5H2. The third kappa shape index (κ3) is 5.08. The van der Waals surface area contributed by atoms with Crippen LogP contribution < -0.4 is 0 Å². The van der Waals surface area contributed by atoms with Crippen LogP contribution in [0.15, 0.2) is 0 Å². The van der Waals surface area contributed by atoms with E-state index in [2.05, 4.69) is 26.4 Å². The third-order valence-electron chi connectivity index (χ3n) is 0.688. The zero-order valence-electron chi connectivity index (χ0n) is 6.28. The largest absolute Gasteiger partial charge is 0.604 e. The molecule has 0 saturated carbocycles. The van der Waals surface area contributed by atoms with Gasteiger partial charge in [0.2, 0.25) is 0 Å². The summed E-state index contributed by atoms with van der Waals surface area (Å²) in [6.45, 7) is -1.14. The maximum atomic E-state index is 11.6. The van der Waals surface area contributed by atoms with Gasteiger partial charge in [0, 0.05) is 0 Å². The Balaban J connectivity index is 4.20. The van der Waals surface area contributed by atoms with Crippen molar-refractivity contribution in [3.63, 3.8) is 0 Å². The summed E-state index contributed by atoms with van der Waals surface area (Å²) >= 11 is 0. The Hall–Kier alpha value is -1.23. The highest BCUT2D eigenvalue weighted by molar-refractivity contribution is 7.48. The Labute approximate surface area is 73.8 Å². The fourth-order valence-electron chi connectivity index (χ4n) is 0.348. The summed E-state index contributed by atoms with van der Waals surface area (Å²) in [6, 6.07) is 0. The van der Waals surface area contributed by atoms with Gasteiger partial charge in [-0.05, 0) is 0 Å². The lowest BCUT2D eigenvalue weighted by molar-refractivity contribution is 0.0626. The summed E-state index contributed by atoms with van der Waals surface area (Å²) in [5.74, 6) is 0. The predicted molar refractivity (Wildman–Crippen MR) is 39.4 cm³/mol. The van der Waals surface area contributed by atoms with Crippen LogP contribution in [0.5, 0.6) is 0 Å². The van der Waals surface area contributed by atoms with Gasteiger partial charge in [-0.3, -0.25) is 4.52 Å². The van der Waals surface area contributed by atoms with E-state index in [0.29, 0.717) is 0 Å². The highest BCUT2D eigenvalue weighted by atomic mass is 31.2. The molecule has 4 nitrogen and oxygen atoms in total. The van der Waals surface area contributed by atoms with E-state index in [1.54, 1.807) is 0 Å². The minimum atomic E-state index is -4.23. The topological polar surface area (TPSA) is 44.8 Å². The molecule has 0 aromatic carbocycles. The SMILES string of the molecule is C#COP(=O)(OC#C)OCC(F)F. The highest BCUT2D eigenvalue weighted by Crippen LogP contribution is 2.48. The van der Waals surface area contributed by atoms with Crippen LogP contribution in [0, 0.1) is 25.1 Å². The lowest BCUT2D eigenvalue weighted by Crippen LogP contribution is -2.04. The van der Waals surface area contributed by atoms with Crippen LogP contribution in [0.1, 0.15) is 0 Å². The smallest absolute Gasteiger partial charge is 0.341 e. The zero-order chi connectivity index (χ0) is 10.3. The summed E-state index contributed by atoms with van der Waals surface area (Å²) in [6.07, 6.45) is 9.28. The lowest BCUT2D eigenvalue weighted by Gasteiger charge is -2.10. The van der Waals surface area contributed by atoms with Gasteiger partial charge in [-0.25, -0.2) is 13.3 Å². The van der Waals surface area contributed by atoms with Gasteiger partial charge in [0.25, 0.3) is 6.43 Å². The van der Waals surface area contributed by atoms with Gasteiger partial charge in [0.1, 0.15) is 18.8 Å². The number of halogens is 2. The first kappa shape index (κ1) is 11.8. The van der Waals surface area contributed by atoms with Crippen LogP contribution in [0.2, 0.25) is 0 Å². The van der Waals surface area contributed by atoms with Crippen LogP contribution in [0.4, 0.5) is 8.78 Å². The van der Waals surface area contributed by atoms with E-state index < -0.39 is 20.9 Å². The number of alkyl halides is 2. The molecule has 0 fully saturated rings. The summed E-state index contributed by atoms with van der Waals surface area (Å²) in [5, 5.41) is 0. The molecular formula is C6H5F2O4P. The summed E-state index contributed by atoms with van der Waals surface area (Å²) < 4.78 is 46.2. The zero-order valence-corrected chi connectivity index (χ0v) is 7.17. The monoisotopic (exact) mass is 210 g/mol. The van der Waals surface area contributed by atoms with Crippen LogP contribution in [-0.4, -0.2) is 13.0 Å². The van der Waals surface area contributed by atoms with Gasteiger partial charge in [-0.15, -0.1) is 0 Å². The Morgan fingerprint density at radius 3 is 2.08 bits per heavy atom. The average Bonchev–Trinajstić information content (AvgIpc) is 2.02. The average molecular weight is 210 g/mol. The fraction of sp³-hybridized carbons (Fsp3) is 0.333. The fourth-order valence-corrected chi connectivity index (χ4v) is 1.04. The van der Waals surface area contributed by atoms with Crippen molar-refractivity contribution in [3.8, 4) is 25.1 Å². The van der Waals surface area contributed by atoms with E-state index in [4.69, 9.17) is 0 Å². The number of terminal acetylenes is 2. The van der Waals surface area contributed by atoms with E-state index in [1.807, 2.05) is 0 Å². The summed E-state index contributed by atoms with van der Waals surface area (Å²) in [4.78, 5) is 0. The van der Waals surface area contributed by atoms with E-state index in [0.717, 1.165) is 0 Å². The normalized spacial score (nSPS) is 10.2. The van der Waals surface area contributed by atoms with Crippen LogP contribution in [-0.2, 0) is 18.1 Å². The molecule has 0 aromatic rings. The quantitative estimate of drug-likeness (QED) is 0.510. The molecule has 0 aromatic heterocycles. The van der Waals surface area contributed by atoms with E-state index >= 15 is 0 Å². The number of rotatable bonds is 5. The molecule has 0 unspecified atom stereocenters. The van der Waals surface area contributed by atoms with Crippen molar-refractivity contribution in [2.24, 2.45) is 0 Å². The Bertz CT molecular complexity index is 257. The van der Waals surface area contributed by atoms with Crippen molar-refractivity contribution in [3.05, 3.63) is 0 Å². The Morgan fingerprint density at radius 1 is 1.31 bits per heavy atom. The maximum absolute atomic E-state index is 11.6. The number of phosphoric ester groups is 1. The summed E-state index contributed by atoms with van der Waals surface area (Å²) in [5.41, 5.74) is 0. The van der Waals surface area contributed by atoms with E-state index in [-0.39, 0.29) is 0 Å². The third-order valence-corrected chi connectivity index (χ3v) is 1.81. The van der Waals surface area contributed by atoms with E-state index in [1.165, 1.54) is 12.2 Å². The molecule has 0 spiro atoms. The molecule has 0 aliphatic carbocycles. The molecule has 0 aliphatic rings. The molecule has 0 radical (unpaired) electrons. The van der Waals surface area contributed by atoms with Crippen molar-refractivity contribution in [2.75, 3.05) is 6.61 Å². The number of hydrogen-bond donors (Lipinski definition) is 0. The molecule has 0 aliphatic heterocycles. The molecular weight excluding hydrogens is 205 g/mol. The molecule has 0 heterocycles. The minimum Gasteiger partial charge on any atom is -0.341 e. The van der Waals surface area contributed by atoms with Gasteiger partial charge < -0.3 is 9.05 Å². The van der Waals surface area contributed by atoms with Crippen molar-refractivity contribution >= 4 is 7.82 Å². The molecule has 0 saturated heterocycles. The van der Waals surface area contributed by atoms with Crippen LogP contribution in [0.3, 0.4) is 0 Å². The molecule has 0 bridgehead atoms. The van der Waals surface area contributed by atoms with Crippen molar-refractivity contribution in [2.45, 2.75) is 6.43 Å². The molecule has 0 N–H and O–H groups in total. The van der Waals surface area contributed by atoms with Crippen molar-refractivity contribution in [1.82, 2.24) is 0 Å². The number of phosphoric acid groups is 1. The van der Waals surface area contributed by atoms with Gasteiger partial charge >= 0.3 is 7.82 Å². The molecule has 13 heavy (non-hydrogen) atoms. The Morgan fingerprint density at radius 2 is 1.77 bits per heavy atom. The first-order valence-electron chi connectivity index (χ1n) is 2.85. The van der Waals surface area contributed by atoms with Gasteiger partial charge in [-0.2, -0.15) is 0 Å². The van der Waals surface area contributed by atoms with Gasteiger partial charge in [0.15, 0.2) is 0 Å². The van der Waals surface area contributed by atoms with Crippen molar-refractivity contribution in [1.29, 1.82) is 0 Å². The second kappa shape index (κ2) is 5.42. The van der Waals surface area contributed by atoms with Gasteiger partial charge in [0.05, 0.1) is 0 Å². The van der Waals surface area contributed by atoms with Gasteiger partial charge in [-0.1, -0.05) is 12.8 Å². The molecule has 7 heteroatoms. The lowest BCUT2D eigenvalue weighted by atomic mass is 10.8. The maximum Gasteiger partial charge on any atom is 0.604 e. The second-order valence-electron chi connectivity index (χ2n) is 1.55. The highest BCUT2D eigenvalue weighted by Gasteiger charge is 2.30. The van der Waals surface area contributed by atoms with Crippen molar-refractivity contribution < 1.29 is 26.9 Å². The first-order chi connectivity index (χ1) is 6.04. The molecule has 72 valence electrons. The summed E-state index contributed by atoms with van der Waals surface area (Å²) in [7, 11) is -4.23.